The number of piperidine rings is 1. The average Bonchev–Trinajstić information content (AvgIpc) is 3.14. The van der Waals surface area contributed by atoms with Crippen molar-refractivity contribution in [1.82, 2.24) is 10.4 Å². The van der Waals surface area contributed by atoms with Crippen LogP contribution in [0.5, 0.6) is 0 Å². The van der Waals surface area contributed by atoms with E-state index in [1.807, 2.05) is 17.1 Å². The molecule has 0 bridgehead atoms. The van der Waals surface area contributed by atoms with Gasteiger partial charge in [0, 0.05) is 35.7 Å². The van der Waals surface area contributed by atoms with Crippen molar-refractivity contribution in [3.63, 3.8) is 0 Å². The molecule has 2 aromatic carbocycles. The molecule has 0 aliphatic carbocycles. The first-order valence-electron chi connectivity index (χ1n) is 10.7. The number of benzene rings is 2. The van der Waals surface area contributed by atoms with E-state index >= 15 is 0 Å². The van der Waals surface area contributed by atoms with Gasteiger partial charge in [-0.25, -0.2) is 5.01 Å². The van der Waals surface area contributed by atoms with Crippen LogP contribution in [0.25, 0.3) is 0 Å². The van der Waals surface area contributed by atoms with Crippen LogP contribution in [0.2, 0.25) is 15.1 Å². The molecule has 0 saturated carbocycles. The van der Waals surface area contributed by atoms with Gasteiger partial charge in [-0.3, -0.25) is 15.2 Å². The van der Waals surface area contributed by atoms with Crippen LogP contribution in [0.15, 0.2) is 47.6 Å². The summed E-state index contributed by atoms with van der Waals surface area (Å²) in [6, 6.07) is 12.3. The second kappa shape index (κ2) is 10.4. The first kappa shape index (κ1) is 23.3. The Morgan fingerprint density at radius 1 is 1.03 bits per heavy atom. The fraction of sp³-hybridized carbons (Fsp3) is 0.391. The van der Waals surface area contributed by atoms with E-state index in [4.69, 9.17) is 39.9 Å². The van der Waals surface area contributed by atoms with Crippen molar-refractivity contribution in [3.8, 4) is 0 Å². The summed E-state index contributed by atoms with van der Waals surface area (Å²) >= 11 is 18.7. The third kappa shape index (κ3) is 5.05. The second-order valence-corrected chi connectivity index (χ2v) is 9.31. The molecule has 2 aromatic rings. The summed E-state index contributed by atoms with van der Waals surface area (Å²) in [7, 11) is 0. The van der Waals surface area contributed by atoms with Gasteiger partial charge < -0.3 is 5.11 Å². The molecule has 1 amide bonds. The zero-order chi connectivity index (χ0) is 22.7. The molecule has 32 heavy (non-hydrogen) atoms. The third-order valence-corrected chi connectivity index (χ3v) is 6.66. The fourth-order valence-electron chi connectivity index (χ4n) is 4.33. The van der Waals surface area contributed by atoms with Gasteiger partial charge in [0.15, 0.2) is 0 Å². The number of hydrazone groups is 1. The highest BCUT2D eigenvalue weighted by Gasteiger charge is 2.42. The maximum atomic E-state index is 13.3. The number of amides is 1. The van der Waals surface area contributed by atoms with E-state index in [2.05, 4.69) is 5.43 Å². The predicted molar refractivity (Wildman–Crippen MR) is 129 cm³/mol. The van der Waals surface area contributed by atoms with Crippen LogP contribution in [0.1, 0.15) is 37.3 Å². The number of anilines is 1. The lowest BCUT2D eigenvalue weighted by atomic mass is 9.87. The molecule has 2 N–H and O–H groups in total. The summed E-state index contributed by atoms with van der Waals surface area (Å²) in [5, 5.41) is 19.8. The normalized spacial score (nSPS) is 21.5. The Bertz CT molecular complexity index is 993. The predicted octanol–water partition coefficient (Wildman–Crippen LogP) is 5.08. The number of aliphatic hydroxyl groups excluding tert-OH is 1. The number of carbonyl (C=O) groups excluding carboxylic acids is 1. The summed E-state index contributed by atoms with van der Waals surface area (Å²) < 4.78 is 0. The third-order valence-electron chi connectivity index (χ3n) is 5.87. The Morgan fingerprint density at radius 3 is 2.38 bits per heavy atom. The van der Waals surface area contributed by atoms with E-state index < -0.39 is 0 Å². The molecule has 1 fully saturated rings. The number of aliphatic hydroxyl groups is 1. The molecular formula is C23H25Cl3N4O2. The smallest absolute Gasteiger partial charge is 0.282 e. The molecule has 2 heterocycles. The average molecular weight is 496 g/mol. The Balaban J connectivity index is 1.73. The minimum Gasteiger partial charge on any atom is -0.396 e. The molecule has 9 heteroatoms. The van der Waals surface area contributed by atoms with E-state index in [0.29, 0.717) is 32.9 Å². The summed E-state index contributed by atoms with van der Waals surface area (Å²) in [6.45, 7) is 1.56. The molecule has 2 aliphatic heterocycles. The van der Waals surface area contributed by atoms with Gasteiger partial charge in [-0.1, -0.05) is 53.4 Å². The van der Waals surface area contributed by atoms with Crippen LogP contribution in [0.3, 0.4) is 0 Å². The summed E-state index contributed by atoms with van der Waals surface area (Å²) in [6.07, 6.45) is 3.64. The SMILES string of the molecule is O=C(NN1CCCCC1)C1=NN(c2ccc(Cl)cc2Cl)C(c2ccc(Cl)cc2)C1CCO. The Kier molecular flexibility index (Phi) is 7.59. The van der Waals surface area contributed by atoms with Gasteiger partial charge in [0.2, 0.25) is 0 Å². The highest BCUT2D eigenvalue weighted by atomic mass is 35.5. The van der Waals surface area contributed by atoms with Crippen molar-refractivity contribution in [2.24, 2.45) is 11.0 Å². The minimum atomic E-state index is -0.335. The lowest BCUT2D eigenvalue weighted by molar-refractivity contribution is -0.120. The lowest BCUT2D eigenvalue weighted by Crippen LogP contribution is -2.48. The zero-order valence-electron chi connectivity index (χ0n) is 17.5. The van der Waals surface area contributed by atoms with Crippen LogP contribution in [0.4, 0.5) is 5.69 Å². The Hall–Kier alpha value is -1.83. The van der Waals surface area contributed by atoms with Crippen molar-refractivity contribution in [3.05, 3.63) is 63.1 Å². The topological polar surface area (TPSA) is 68.2 Å². The van der Waals surface area contributed by atoms with Crippen LogP contribution < -0.4 is 10.4 Å². The van der Waals surface area contributed by atoms with Gasteiger partial charge in [-0.15, -0.1) is 0 Å². The first-order chi connectivity index (χ1) is 15.5. The molecule has 1 saturated heterocycles. The molecule has 2 aliphatic rings. The molecule has 170 valence electrons. The van der Waals surface area contributed by atoms with Gasteiger partial charge >= 0.3 is 0 Å². The van der Waals surface area contributed by atoms with Crippen LogP contribution in [-0.4, -0.2) is 41.4 Å². The summed E-state index contributed by atoms with van der Waals surface area (Å²) in [4.78, 5) is 13.3. The van der Waals surface area contributed by atoms with Gasteiger partial charge in [0.1, 0.15) is 5.71 Å². The van der Waals surface area contributed by atoms with Gasteiger partial charge in [0.05, 0.1) is 16.8 Å². The van der Waals surface area contributed by atoms with Crippen molar-refractivity contribution in [2.75, 3.05) is 24.7 Å². The van der Waals surface area contributed by atoms with Crippen LogP contribution in [0, 0.1) is 5.92 Å². The second-order valence-electron chi connectivity index (χ2n) is 8.03. The molecule has 6 nitrogen and oxygen atoms in total. The number of hydrogen-bond acceptors (Lipinski definition) is 5. The summed E-state index contributed by atoms with van der Waals surface area (Å²) in [5.74, 6) is -0.588. The maximum Gasteiger partial charge on any atom is 0.282 e. The lowest BCUT2D eigenvalue weighted by Gasteiger charge is -2.29. The number of hydrogen-bond donors (Lipinski definition) is 2. The van der Waals surface area contributed by atoms with Gasteiger partial charge in [-0.2, -0.15) is 5.10 Å². The molecule has 0 spiro atoms. The molecule has 4 rings (SSSR count). The van der Waals surface area contributed by atoms with Crippen molar-refractivity contribution in [2.45, 2.75) is 31.7 Å². The Morgan fingerprint density at radius 2 is 1.72 bits per heavy atom. The maximum absolute atomic E-state index is 13.3. The molecule has 2 atom stereocenters. The molecule has 2 unspecified atom stereocenters. The van der Waals surface area contributed by atoms with Crippen LogP contribution in [-0.2, 0) is 4.79 Å². The van der Waals surface area contributed by atoms with Crippen molar-refractivity contribution >= 4 is 52.1 Å². The molecular weight excluding hydrogens is 471 g/mol. The Labute approximate surface area is 202 Å². The van der Waals surface area contributed by atoms with Gasteiger partial charge in [-0.05, 0) is 55.2 Å². The van der Waals surface area contributed by atoms with Crippen molar-refractivity contribution < 1.29 is 9.90 Å². The van der Waals surface area contributed by atoms with Crippen molar-refractivity contribution in [1.29, 1.82) is 0 Å². The van der Waals surface area contributed by atoms with E-state index in [1.165, 1.54) is 6.42 Å². The monoisotopic (exact) mass is 494 g/mol. The molecule has 0 radical (unpaired) electrons. The highest BCUT2D eigenvalue weighted by molar-refractivity contribution is 6.41. The number of nitrogens with one attached hydrogen (secondary N) is 1. The largest absolute Gasteiger partial charge is 0.396 e. The highest BCUT2D eigenvalue weighted by Crippen LogP contribution is 2.43. The number of nitrogens with zero attached hydrogens (tertiary/aromatic N) is 3. The number of carbonyl (C=O) groups is 1. The van der Waals surface area contributed by atoms with E-state index in [1.54, 1.807) is 35.3 Å². The quantitative estimate of drug-likeness (QED) is 0.586. The first-order valence-corrected chi connectivity index (χ1v) is 11.9. The molecule has 0 aromatic heterocycles. The number of halogens is 3. The zero-order valence-corrected chi connectivity index (χ0v) is 19.7. The summed E-state index contributed by atoms with van der Waals surface area (Å²) in [5.41, 5.74) is 4.94. The fourth-order valence-corrected chi connectivity index (χ4v) is 4.95. The van der Waals surface area contributed by atoms with Gasteiger partial charge in [0.25, 0.3) is 5.91 Å². The number of rotatable bonds is 6. The standard InChI is InChI=1S/C23H25Cl3N4O2/c24-16-6-4-15(5-7-16)22-18(10-13-31)21(23(32)28-29-11-2-1-3-12-29)27-30(22)20-9-8-17(25)14-19(20)26/h4-9,14,18,22,31H,1-3,10-13H2,(H,28,32). The van der Waals surface area contributed by atoms with E-state index in [0.717, 1.165) is 31.5 Å². The van der Waals surface area contributed by atoms with E-state index in [-0.39, 0.29) is 24.5 Å². The van der Waals surface area contributed by atoms with Crippen LogP contribution >= 0.6 is 34.8 Å². The minimum absolute atomic E-state index is 0.0764. The number of hydrazine groups is 1. The van der Waals surface area contributed by atoms with E-state index in [9.17, 15) is 9.90 Å².